The molecule has 1 fully saturated rings. The van der Waals surface area contributed by atoms with Crippen LogP contribution in [0.4, 0.5) is 0 Å². The molecule has 3 nitrogen and oxygen atoms in total. The van der Waals surface area contributed by atoms with Gasteiger partial charge in [0, 0.05) is 17.6 Å². The van der Waals surface area contributed by atoms with E-state index in [-0.39, 0.29) is 5.91 Å². The third kappa shape index (κ3) is 5.33. The molecule has 0 bridgehead atoms. The Bertz CT molecular complexity index is 478. The third-order valence-electron chi connectivity index (χ3n) is 4.21. The lowest BCUT2D eigenvalue weighted by Gasteiger charge is -2.30. The summed E-state index contributed by atoms with van der Waals surface area (Å²) in [5, 5.41) is 3.93. The van der Waals surface area contributed by atoms with Gasteiger partial charge >= 0.3 is 0 Å². The maximum absolute atomic E-state index is 12.1. The van der Waals surface area contributed by atoms with Gasteiger partial charge in [0.15, 0.2) is 0 Å². The second kappa shape index (κ2) is 7.81. The summed E-state index contributed by atoms with van der Waals surface area (Å²) in [5.41, 5.74) is 1.13. The smallest absolute Gasteiger partial charge is 0.234 e. The number of hydrogen-bond acceptors (Lipinski definition) is 2. The van der Waals surface area contributed by atoms with Gasteiger partial charge in [-0.25, -0.2) is 0 Å². The summed E-state index contributed by atoms with van der Waals surface area (Å²) < 4.78 is 0. The molecule has 1 saturated carbocycles. The van der Waals surface area contributed by atoms with Crippen LogP contribution in [0, 0.1) is 5.92 Å². The van der Waals surface area contributed by atoms with Gasteiger partial charge in [0.2, 0.25) is 5.91 Å². The summed E-state index contributed by atoms with van der Waals surface area (Å²) in [6.45, 7) is 3.39. The molecule has 0 spiro atoms. The van der Waals surface area contributed by atoms with Crippen molar-refractivity contribution in [2.45, 2.75) is 45.2 Å². The molecule has 2 atom stereocenters. The van der Waals surface area contributed by atoms with Crippen LogP contribution in [0.1, 0.15) is 38.2 Å². The first-order valence-electron chi connectivity index (χ1n) is 7.77. The average Bonchev–Trinajstić information content (AvgIpc) is 2.41. The van der Waals surface area contributed by atoms with Gasteiger partial charge in [0.05, 0.1) is 6.54 Å². The molecule has 116 valence electrons. The fraction of sp³-hybridized carbons (Fsp3) is 0.588. The molecule has 2 rings (SSSR count). The summed E-state index contributed by atoms with van der Waals surface area (Å²) in [6, 6.07) is 8.13. The highest BCUT2D eigenvalue weighted by Gasteiger charge is 2.22. The van der Waals surface area contributed by atoms with Crippen LogP contribution in [0.15, 0.2) is 24.3 Å². The van der Waals surface area contributed by atoms with Gasteiger partial charge in [-0.2, -0.15) is 0 Å². The largest absolute Gasteiger partial charge is 0.352 e. The molecule has 1 amide bonds. The molecular formula is C17H25ClN2O. The normalized spacial score (nSPS) is 22.3. The van der Waals surface area contributed by atoms with Crippen molar-refractivity contribution >= 4 is 17.5 Å². The summed E-state index contributed by atoms with van der Waals surface area (Å²) in [6.07, 6.45) is 4.87. The number of amides is 1. The molecule has 4 heteroatoms. The second-order valence-corrected chi connectivity index (χ2v) is 6.67. The number of nitrogens with zero attached hydrogens (tertiary/aromatic N) is 1. The molecule has 1 aliphatic carbocycles. The zero-order valence-corrected chi connectivity index (χ0v) is 13.7. The first kappa shape index (κ1) is 16.3. The standard InChI is InChI=1S/C17H25ClN2O/c1-13-6-3-4-9-16(13)19-17(21)12-20(2)11-14-7-5-8-15(18)10-14/h5,7-8,10,13,16H,3-4,6,9,11-12H2,1-2H3,(H,19,21). The molecule has 1 aromatic carbocycles. The van der Waals surface area contributed by atoms with E-state index in [9.17, 15) is 4.79 Å². The first-order valence-corrected chi connectivity index (χ1v) is 8.15. The molecule has 1 aromatic rings. The van der Waals surface area contributed by atoms with E-state index in [0.29, 0.717) is 18.5 Å². The summed E-state index contributed by atoms with van der Waals surface area (Å²) in [4.78, 5) is 14.2. The Hall–Kier alpha value is -1.06. The van der Waals surface area contributed by atoms with E-state index in [1.54, 1.807) is 0 Å². The topological polar surface area (TPSA) is 32.3 Å². The van der Waals surface area contributed by atoms with Crippen LogP contribution in [-0.4, -0.2) is 30.4 Å². The summed E-state index contributed by atoms with van der Waals surface area (Å²) in [7, 11) is 1.96. The van der Waals surface area contributed by atoms with Crippen molar-refractivity contribution in [3.63, 3.8) is 0 Å². The van der Waals surface area contributed by atoms with E-state index in [4.69, 9.17) is 11.6 Å². The summed E-state index contributed by atoms with van der Waals surface area (Å²) in [5.74, 6) is 0.721. The maximum Gasteiger partial charge on any atom is 0.234 e. The van der Waals surface area contributed by atoms with E-state index in [1.165, 1.54) is 19.3 Å². The van der Waals surface area contributed by atoms with Crippen LogP contribution >= 0.6 is 11.6 Å². The van der Waals surface area contributed by atoms with Gasteiger partial charge in [-0.1, -0.05) is 43.5 Å². The predicted octanol–water partition coefficient (Wildman–Crippen LogP) is 3.47. The van der Waals surface area contributed by atoms with Gasteiger partial charge in [0.1, 0.15) is 0 Å². The zero-order chi connectivity index (χ0) is 15.2. The predicted molar refractivity (Wildman–Crippen MR) is 87.3 cm³/mol. The number of hydrogen-bond donors (Lipinski definition) is 1. The minimum Gasteiger partial charge on any atom is -0.352 e. The quantitative estimate of drug-likeness (QED) is 0.903. The number of benzene rings is 1. The van der Waals surface area contributed by atoms with Crippen molar-refractivity contribution in [3.05, 3.63) is 34.9 Å². The van der Waals surface area contributed by atoms with Crippen molar-refractivity contribution in [1.29, 1.82) is 0 Å². The molecule has 0 radical (unpaired) electrons. The minimum absolute atomic E-state index is 0.123. The van der Waals surface area contributed by atoms with E-state index in [2.05, 4.69) is 12.2 Å². The molecule has 21 heavy (non-hydrogen) atoms. The SMILES string of the molecule is CC1CCCCC1NC(=O)CN(C)Cc1cccc(Cl)c1. The number of rotatable bonds is 5. The number of carbonyl (C=O) groups excluding carboxylic acids is 1. The molecule has 0 heterocycles. The highest BCUT2D eigenvalue weighted by Crippen LogP contribution is 2.23. The Kier molecular flexibility index (Phi) is 6.07. The molecule has 0 aliphatic heterocycles. The lowest BCUT2D eigenvalue weighted by Crippen LogP contribution is -2.44. The van der Waals surface area contributed by atoms with E-state index < -0.39 is 0 Å². The van der Waals surface area contributed by atoms with Crippen LogP contribution < -0.4 is 5.32 Å². The van der Waals surface area contributed by atoms with Crippen molar-refractivity contribution in [3.8, 4) is 0 Å². The maximum atomic E-state index is 12.1. The van der Waals surface area contributed by atoms with Gasteiger partial charge in [0.25, 0.3) is 0 Å². The van der Waals surface area contributed by atoms with E-state index in [0.717, 1.165) is 23.6 Å². The zero-order valence-electron chi connectivity index (χ0n) is 12.9. The third-order valence-corrected chi connectivity index (χ3v) is 4.45. The Morgan fingerprint density at radius 3 is 2.86 bits per heavy atom. The molecular weight excluding hydrogens is 284 g/mol. The Balaban J connectivity index is 1.79. The van der Waals surface area contributed by atoms with E-state index >= 15 is 0 Å². The molecule has 0 aromatic heterocycles. The number of nitrogens with one attached hydrogen (secondary N) is 1. The number of carbonyl (C=O) groups is 1. The Morgan fingerprint density at radius 1 is 1.38 bits per heavy atom. The van der Waals surface area contributed by atoms with Crippen molar-refractivity contribution in [1.82, 2.24) is 10.2 Å². The second-order valence-electron chi connectivity index (χ2n) is 6.24. The van der Waals surface area contributed by atoms with Crippen molar-refractivity contribution < 1.29 is 4.79 Å². The van der Waals surface area contributed by atoms with Crippen LogP contribution in [0.5, 0.6) is 0 Å². The van der Waals surface area contributed by atoms with Crippen molar-refractivity contribution in [2.24, 2.45) is 5.92 Å². The first-order chi connectivity index (χ1) is 10.0. The van der Waals surface area contributed by atoms with Gasteiger partial charge < -0.3 is 5.32 Å². The summed E-state index contributed by atoms with van der Waals surface area (Å²) >= 11 is 5.98. The molecule has 1 aliphatic rings. The highest BCUT2D eigenvalue weighted by molar-refractivity contribution is 6.30. The number of halogens is 1. The average molecular weight is 309 g/mol. The van der Waals surface area contributed by atoms with Crippen LogP contribution in [-0.2, 0) is 11.3 Å². The van der Waals surface area contributed by atoms with Gasteiger partial charge in [-0.05, 0) is 43.5 Å². The van der Waals surface area contributed by atoms with Crippen LogP contribution in [0.25, 0.3) is 0 Å². The van der Waals surface area contributed by atoms with Gasteiger partial charge in [-0.3, -0.25) is 9.69 Å². The fourth-order valence-electron chi connectivity index (χ4n) is 3.03. The lowest BCUT2D eigenvalue weighted by atomic mass is 9.86. The minimum atomic E-state index is 0.123. The van der Waals surface area contributed by atoms with E-state index in [1.807, 2.05) is 36.2 Å². The highest BCUT2D eigenvalue weighted by atomic mass is 35.5. The molecule has 2 unspecified atom stereocenters. The van der Waals surface area contributed by atoms with Crippen LogP contribution in [0.2, 0.25) is 5.02 Å². The molecule has 1 N–H and O–H groups in total. The fourth-order valence-corrected chi connectivity index (χ4v) is 3.24. The monoisotopic (exact) mass is 308 g/mol. The van der Waals surface area contributed by atoms with Crippen molar-refractivity contribution in [2.75, 3.05) is 13.6 Å². The number of likely N-dealkylation sites (N-methyl/N-ethyl adjacent to an activating group) is 1. The Labute approximate surface area is 132 Å². The molecule has 0 saturated heterocycles. The lowest BCUT2D eigenvalue weighted by molar-refractivity contribution is -0.123. The van der Waals surface area contributed by atoms with Gasteiger partial charge in [-0.15, -0.1) is 0 Å². The van der Waals surface area contributed by atoms with Crippen LogP contribution in [0.3, 0.4) is 0 Å². The Morgan fingerprint density at radius 2 is 2.14 bits per heavy atom.